The van der Waals surface area contributed by atoms with Crippen molar-refractivity contribution in [1.29, 1.82) is 0 Å². The Balaban J connectivity index is 2.11. The second kappa shape index (κ2) is 8.03. The van der Waals surface area contributed by atoms with E-state index < -0.39 is 0 Å². The van der Waals surface area contributed by atoms with E-state index >= 15 is 0 Å². The van der Waals surface area contributed by atoms with Crippen molar-refractivity contribution < 1.29 is 4.39 Å². The highest BCUT2D eigenvalue weighted by molar-refractivity contribution is 9.10. The lowest BCUT2D eigenvalue weighted by atomic mass is 10.0. The quantitative estimate of drug-likeness (QED) is 0.606. The van der Waals surface area contributed by atoms with Crippen molar-refractivity contribution >= 4 is 39.5 Å². The number of halogens is 2. The standard InChI is InChI=1S/C14H20BrFN2S2/c1-2-13-14(20-6-5-19-13)12(18-17)7-9-3-4-10(15)8-11(9)16/h3-4,8,12-14,18H,2,5-7,17H2,1H3. The third-order valence-corrected chi connectivity index (χ3v) is 7.46. The van der Waals surface area contributed by atoms with Crippen LogP contribution in [0.15, 0.2) is 22.7 Å². The highest BCUT2D eigenvalue weighted by Crippen LogP contribution is 2.36. The molecule has 3 unspecified atom stereocenters. The van der Waals surface area contributed by atoms with Gasteiger partial charge in [0.15, 0.2) is 0 Å². The highest BCUT2D eigenvalue weighted by atomic mass is 79.9. The van der Waals surface area contributed by atoms with Crippen LogP contribution in [0.1, 0.15) is 18.9 Å². The Hall–Kier alpha value is 0.250. The van der Waals surface area contributed by atoms with Gasteiger partial charge in [0.25, 0.3) is 0 Å². The molecule has 0 saturated carbocycles. The van der Waals surface area contributed by atoms with Crippen molar-refractivity contribution in [3.05, 3.63) is 34.1 Å². The first-order chi connectivity index (χ1) is 9.65. The van der Waals surface area contributed by atoms with E-state index in [1.807, 2.05) is 35.7 Å². The summed E-state index contributed by atoms with van der Waals surface area (Å²) in [6.45, 7) is 2.21. The van der Waals surface area contributed by atoms with Gasteiger partial charge in [-0.15, -0.1) is 0 Å². The Kier molecular flexibility index (Phi) is 6.68. The Morgan fingerprint density at radius 1 is 1.45 bits per heavy atom. The Morgan fingerprint density at radius 2 is 2.20 bits per heavy atom. The monoisotopic (exact) mass is 378 g/mol. The topological polar surface area (TPSA) is 38.0 Å². The van der Waals surface area contributed by atoms with E-state index in [0.717, 1.165) is 22.2 Å². The van der Waals surface area contributed by atoms with Crippen LogP contribution in [0.25, 0.3) is 0 Å². The molecule has 0 bridgehead atoms. The first-order valence-corrected chi connectivity index (χ1v) is 9.68. The Morgan fingerprint density at radius 3 is 2.85 bits per heavy atom. The van der Waals surface area contributed by atoms with Gasteiger partial charge >= 0.3 is 0 Å². The normalized spacial score (nSPS) is 24.6. The maximum absolute atomic E-state index is 14.0. The molecule has 0 spiro atoms. The van der Waals surface area contributed by atoms with E-state index in [9.17, 15) is 4.39 Å². The molecule has 1 fully saturated rings. The molecule has 3 N–H and O–H groups in total. The molecule has 2 rings (SSSR count). The molecule has 0 aromatic heterocycles. The van der Waals surface area contributed by atoms with Gasteiger partial charge in [-0.2, -0.15) is 23.5 Å². The van der Waals surface area contributed by atoms with Crippen LogP contribution in [0.3, 0.4) is 0 Å². The molecule has 0 aliphatic carbocycles. The summed E-state index contributed by atoms with van der Waals surface area (Å²) >= 11 is 7.27. The SMILES string of the molecule is CCC1SCCSC1C(Cc1ccc(Br)cc1F)NN. The zero-order valence-electron chi connectivity index (χ0n) is 11.4. The molecule has 1 aliphatic heterocycles. The fourth-order valence-corrected chi connectivity index (χ4v) is 6.08. The zero-order valence-corrected chi connectivity index (χ0v) is 14.7. The van der Waals surface area contributed by atoms with E-state index in [1.54, 1.807) is 0 Å². The molecule has 1 aromatic carbocycles. The van der Waals surface area contributed by atoms with Gasteiger partial charge in [-0.05, 0) is 30.5 Å². The molecule has 0 radical (unpaired) electrons. The molecule has 1 aromatic rings. The first kappa shape index (κ1) is 16.6. The van der Waals surface area contributed by atoms with E-state index in [4.69, 9.17) is 5.84 Å². The summed E-state index contributed by atoms with van der Waals surface area (Å²) in [5, 5.41) is 1.03. The summed E-state index contributed by atoms with van der Waals surface area (Å²) in [6.07, 6.45) is 1.76. The maximum atomic E-state index is 14.0. The lowest BCUT2D eigenvalue weighted by Gasteiger charge is -2.35. The summed E-state index contributed by atoms with van der Waals surface area (Å²) in [6, 6.07) is 5.34. The predicted octanol–water partition coefficient (Wildman–Crippen LogP) is 3.59. The zero-order chi connectivity index (χ0) is 14.5. The maximum Gasteiger partial charge on any atom is 0.127 e. The van der Waals surface area contributed by atoms with E-state index in [0.29, 0.717) is 16.9 Å². The molecule has 3 atom stereocenters. The summed E-state index contributed by atoms with van der Waals surface area (Å²) < 4.78 is 14.8. The third kappa shape index (κ3) is 4.13. The minimum absolute atomic E-state index is 0.105. The number of hydrazine groups is 1. The first-order valence-electron chi connectivity index (χ1n) is 6.79. The molecule has 112 valence electrons. The summed E-state index contributed by atoms with van der Waals surface area (Å²) in [5.74, 6) is 7.92. The van der Waals surface area contributed by atoms with Gasteiger partial charge in [0.05, 0.1) is 0 Å². The Labute approximate surface area is 136 Å². The fourth-order valence-electron chi connectivity index (χ4n) is 2.51. The minimum atomic E-state index is -0.166. The summed E-state index contributed by atoms with van der Waals surface area (Å²) in [4.78, 5) is 0. The fraction of sp³-hybridized carbons (Fsp3) is 0.571. The van der Waals surface area contributed by atoms with Crippen molar-refractivity contribution in [2.75, 3.05) is 11.5 Å². The van der Waals surface area contributed by atoms with Crippen molar-refractivity contribution in [2.24, 2.45) is 5.84 Å². The second-order valence-electron chi connectivity index (χ2n) is 4.87. The van der Waals surface area contributed by atoms with Crippen LogP contribution in [-0.4, -0.2) is 28.0 Å². The third-order valence-electron chi connectivity index (χ3n) is 3.56. The smallest absolute Gasteiger partial charge is 0.127 e. The van der Waals surface area contributed by atoms with Gasteiger partial charge in [0.2, 0.25) is 0 Å². The van der Waals surface area contributed by atoms with Gasteiger partial charge in [-0.25, -0.2) is 4.39 Å². The van der Waals surface area contributed by atoms with E-state index in [-0.39, 0.29) is 11.9 Å². The largest absolute Gasteiger partial charge is 0.271 e. The molecule has 20 heavy (non-hydrogen) atoms. The van der Waals surface area contributed by atoms with Gasteiger partial charge in [-0.1, -0.05) is 28.9 Å². The van der Waals surface area contributed by atoms with Gasteiger partial charge < -0.3 is 0 Å². The molecule has 6 heteroatoms. The summed E-state index contributed by atoms with van der Waals surface area (Å²) in [5.41, 5.74) is 3.64. The van der Waals surface area contributed by atoms with Crippen LogP contribution in [0.4, 0.5) is 4.39 Å². The van der Waals surface area contributed by atoms with Crippen LogP contribution in [0, 0.1) is 5.82 Å². The van der Waals surface area contributed by atoms with Crippen molar-refractivity contribution in [3.63, 3.8) is 0 Å². The van der Waals surface area contributed by atoms with Crippen LogP contribution >= 0.6 is 39.5 Å². The number of nitrogens with two attached hydrogens (primary N) is 1. The van der Waals surface area contributed by atoms with Crippen LogP contribution in [0.2, 0.25) is 0 Å². The van der Waals surface area contributed by atoms with Gasteiger partial charge in [0.1, 0.15) is 5.82 Å². The molecule has 0 amide bonds. The highest BCUT2D eigenvalue weighted by Gasteiger charge is 2.32. The average molecular weight is 379 g/mol. The predicted molar refractivity (Wildman–Crippen MR) is 91.7 cm³/mol. The van der Waals surface area contributed by atoms with Crippen molar-refractivity contribution in [3.8, 4) is 0 Å². The molecular weight excluding hydrogens is 359 g/mol. The number of hydrogen-bond donors (Lipinski definition) is 2. The number of benzene rings is 1. The Bertz CT molecular complexity index is 447. The van der Waals surface area contributed by atoms with Crippen LogP contribution in [0.5, 0.6) is 0 Å². The molecule has 1 aliphatic rings. The lowest BCUT2D eigenvalue weighted by molar-refractivity contribution is 0.479. The number of hydrogen-bond acceptors (Lipinski definition) is 4. The van der Waals surface area contributed by atoms with Crippen LogP contribution < -0.4 is 11.3 Å². The molecule has 1 saturated heterocycles. The van der Waals surface area contributed by atoms with E-state index in [1.165, 1.54) is 11.8 Å². The molecule has 1 heterocycles. The van der Waals surface area contributed by atoms with Gasteiger partial charge in [-0.3, -0.25) is 11.3 Å². The van der Waals surface area contributed by atoms with Crippen molar-refractivity contribution in [1.82, 2.24) is 5.43 Å². The molecule has 2 nitrogen and oxygen atoms in total. The number of nitrogens with one attached hydrogen (secondary N) is 1. The van der Waals surface area contributed by atoms with Crippen LogP contribution in [-0.2, 0) is 6.42 Å². The minimum Gasteiger partial charge on any atom is -0.271 e. The number of thioether (sulfide) groups is 2. The summed E-state index contributed by atoms with van der Waals surface area (Å²) in [7, 11) is 0. The number of rotatable bonds is 5. The second-order valence-corrected chi connectivity index (χ2v) is 8.41. The molecular formula is C14H20BrFN2S2. The lowest BCUT2D eigenvalue weighted by Crippen LogP contribution is -2.49. The van der Waals surface area contributed by atoms with Crippen molar-refractivity contribution in [2.45, 2.75) is 36.3 Å². The van der Waals surface area contributed by atoms with Gasteiger partial charge in [0, 0.05) is 32.5 Å². The average Bonchev–Trinajstić information content (AvgIpc) is 2.46. The van der Waals surface area contributed by atoms with E-state index in [2.05, 4.69) is 28.3 Å².